The Hall–Kier alpha value is -3.80. The van der Waals surface area contributed by atoms with Crippen LogP contribution in [0.5, 0.6) is 5.75 Å². The van der Waals surface area contributed by atoms with Crippen LogP contribution in [0.2, 0.25) is 0 Å². The summed E-state index contributed by atoms with van der Waals surface area (Å²) in [5, 5.41) is 3.46. The lowest BCUT2D eigenvalue weighted by Gasteiger charge is -2.33. The van der Waals surface area contributed by atoms with E-state index in [2.05, 4.69) is 5.32 Å². The second-order valence-corrected chi connectivity index (χ2v) is 7.64. The summed E-state index contributed by atoms with van der Waals surface area (Å²) >= 11 is 0. The van der Waals surface area contributed by atoms with Crippen LogP contribution in [-0.4, -0.2) is 18.3 Å². The molecule has 1 aliphatic heterocycles. The molecule has 1 aromatic heterocycles. The summed E-state index contributed by atoms with van der Waals surface area (Å²) in [6, 6.07) is 19.9. The van der Waals surface area contributed by atoms with Crippen LogP contribution in [0.1, 0.15) is 31.1 Å². The number of Topliss-reactive ketones (excluding diaryl/α,β-unsaturated/α-hetero) is 1. The normalized spacial score (nSPS) is 18.0. The number of ketones is 1. The lowest BCUT2D eigenvalue weighted by atomic mass is 9.88. The van der Waals surface area contributed by atoms with Crippen molar-refractivity contribution in [2.45, 2.75) is 25.3 Å². The molecular weight excluding hydrogens is 392 g/mol. The van der Waals surface area contributed by atoms with Gasteiger partial charge in [0.2, 0.25) is 0 Å². The Bertz CT molecular complexity index is 1140. The monoisotopic (exact) mass is 414 g/mol. The number of esters is 1. The van der Waals surface area contributed by atoms with Crippen molar-refractivity contribution in [1.29, 1.82) is 0 Å². The molecule has 0 amide bonds. The third kappa shape index (κ3) is 3.72. The van der Waals surface area contributed by atoms with E-state index in [0.29, 0.717) is 23.5 Å². The molecular formula is C25H22N2O4. The zero-order chi connectivity index (χ0) is 21.2. The van der Waals surface area contributed by atoms with Crippen molar-refractivity contribution in [2.24, 2.45) is 0 Å². The van der Waals surface area contributed by atoms with Gasteiger partial charge in [0.25, 0.3) is 0 Å². The fourth-order valence-electron chi connectivity index (χ4n) is 4.31. The van der Waals surface area contributed by atoms with Crippen LogP contribution in [0.4, 0.5) is 11.4 Å². The highest BCUT2D eigenvalue weighted by atomic mass is 16.5. The van der Waals surface area contributed by atoms with E-state index in [-0.39, 0.29) is 12.3 Å². The highest BCUT2D eigenvalue weighted by Gasteiger charge is 2.39. The molecule has 0 radical (unpaired) electrons. The summed E-state index contributed by atoms with van der Waals surface area (Å²) < 4.78 is 11.3. The first-order valence-corrected chi connectivity index (χ1v) is 10.4. The lowest BCUT2D eigenvalue weighted by molar-refractivity contribution is -0.133. The largest absolute Gasteiger partial charge is 0.467 e. The number of para-hydroxylation sites is 3. The lowest BCUT2D eigenvalue weighted by Crippen LogP contribution is -2.38. The maximum Gasteiger partial charge on any atom is 0.330 e. The molecule has 0 fully saturated rings. The Kier molecular flexibility index (Phi) is 5.04. The van der Waals surface area contributed by atoms with Crippen LogP contribution in [0.25, 0.3) is 0 Å². The van der Waals surface area contributed by atoms with Crippen LogP contribution < -0.4 is 15.0 Å². The molecule has 6 heteroatoms. The number of allylic oxidation sites excluding steroid dienone is 1. The van der Waals surface area contributed by atoms with Crippen LogP contribution in [0.3, 0.4) is 0 Å². The average molecular weight is 414 g/mol. The van der Waals surface area contributed by atoms with Gasteiger partial charge in [0.1, 0.15) is 24.1 Å². The summed E-state index contributed by atoms with van der Waals surface area (Å²) in [5.74, 6) is 0.764. The smallest absolute Gasteiger partial charge is 0.330 e. The molecule has 5 rings (SSSR count). The molecule has 1 N–H and O–H groups in total. The molecule has 0 spiro atoms. The third-order valence-electron chi connectivity index (χ3n) is 5.63. The molecule has 31 heavy (non-hydrogen) atoms. The molecule has 0 saturated heterocycles. The molecule has 1 aliphatic carbocycles. The predicted molar refractivity (Wildman–Crippen MR) is 117 cm³/mol. The molecule has 2 aliphatic rings. The number of nitrogens with zero attached hydrogens (tertiary/aromatic N) is 1. The van der Waals surface area contributed by atoms with Crippen molar-refractivity contribution < 1.29 is 18.7 Å². The highest BCUT2D eigenvalue weighted by molar-refractivity contribution is 6.01. The minimum absolute atomic E-state index is 0.0387. The van der Waals surface area contributed by atoms with Crippen molar-refractivity contribution in [3.63, 3.8) is 0 Å². The number of carbonyl (C=O) groups excluding carboxylic acids is 2. The van der Waals surface area contributed by atoms with Gasteiger partial charge in [-0.1, -0.05) is 30.3 Å². The van der Waals surface area contributed by atoms with Gasteiger partial charge in [-0.05, 0) is 49.2 Å². The molecule has 156 valence electrons. The maximum absolute atomic E-state index is 13.1. The summed E-state index contributed by atoms with van der Waals surface area (Å²) in [6.07, 6.45) is 3.65. The molecule has 0 bridgehead atoms. The maximum atomic E-state index is 13.1. The first-order chi connectivity index (χ1) is 15.2. The van der Waals surface area contributed by atoms with E-state index < -0.39 is 12.0 Å². The quantitative estimate of drug-likeness (QED) is 0.485. The molecule has 2 aromatic carbocycles. The van der Waals surface area contributed by atoms with Gasteiger partial charge in [-0.25, -0.2) is 4.79 Å². The van der Waals surface area contributed by atoms with Crippen molar-refractivity contribution in [2.75, 3.05) is 16.8 Å². The van der Waals surface area contributed by atoms with Crippen molar-refractivity contribution in [3.05, 3.63) is 90.0 Å². The van der Waals surface area contributed by atoms with Gasteiger partial charge in [0.15, 0.2) is 5.78 Å². The Labute approximate surface area is 180 Å². The molecule has 0 unspecified atom stereocenters. The topological polar surface area (TPSA) is 71.8 Å². The molecule has 1 atom stereocenters. The number of rotatable bonds is 4. The Balaban J connectivity index is 1.59. The number of benzene rings is 2. The van der Waals surface area contributed by atoms with Gasteiger partial charge >= 0.3 is 5.97 Å². The first-order valence-electron chi connectivity index (χ1n) is 10.4. The fourth-order valence-corrected chi connectivity index (χ4v) is 4.31. The van der Waals surface area contributed by atoms with E-state index in [9.17, 15) is 9.59 Å². The number of hydrogen-bond acceptors (Lipinski definition) is 6. The van der Waals surface area contributed by atoms with Crippen LogP contribution in [0.15, 0.2) is 88.7 Å². The third-order valence-corrected chi connectivity index (χ3v) is 5.63. The van der Waals surface area contributed by atoms with E-state index in [4.69, 9.17) is 9.15 Å². The number of furan rings is 1. The van der Waals surface area contributed by atoms with Crippen LogP contribution in [-0.2, 0) is 9.59 Å². The molecule has 0 saturated carbocycles. The Morgan fingerprint density at radius 1 is 1.03 bits per heavy atom. The average Bonchev–Trinajstić information content (AvgIpc) is 3.26. The molecule has 6 nitrogen and oxygen atoms in total. The second kappa shape index (κ2) is 8.14. The van der Waals surface area contributed by atoms with E-state index in [1.807, 2.05) is 53.4 Å². The predicted octanol–water partition coefficient (Wildman–Crippen LogP) is 4.87. The zero-order valence-electron chi connectivity index (χ0n) is 16.9. The SMILES string of the molecule is O=C(CN1c2ccccc2NC2=C(C(=O)CCC2)[C@H]1c1ccco1)Oc1ccccc1. The van der Waals surface area contributed by atoms with E-state index in [0.717, 1.165) is 29.9 Å². The minimum atomic E-state index is -0.516. The van der Waals surface area contributed by atoms with Crippen molar-refractivity contribution >= 4 is 23.1 Å². The van der Waals surface area contributed by atoms with Gasteiger partial charge in [-0.15, -0.1) is 0 Å². The number of fused-ring (bicyclic) bond motifs is 1. The summed E-state index contributed by atoms with van der Waals surface area (Å²) in [5.41, 5.74) is 3.22. The summed E-state index contributed by atoms with van der Waals surface area (Å²) in [7, 11) is 0. The van der Waals surface area contributed by atoms with Crippen molar-refractivity contribution in [1.82, 2.24) is 0 Å². The van der Waals surface area contributed by atoms with Crippen molar-refractivity contribution in [3.8, 4) is 5.75 Å². The second-order valence-electron chi connectivity index (χ2n) is 7.64. The summed E-state index contributed by atoms with van der Waals surface area (Å²) in [6.45, 7) is -0.0387. The van der Waals surface area contributed by atoms with Crippen LogP contribution >= 0.6 is 0 Å². The number of carbonyl (C=O) groups is 2. The van der Waals surface area contributed by atoms with Gasteiger partial charge in [-0.3, -0.25) is 4.79 Å². The van der Waals surface area contributed by atoms with E-state index in [1.165, 1.54) is 0 Å². The summed E-state index contributed by atoms with van der Waals surface area (Å²) in [4.78, 5) is 27.9. The van der Waals surface area contributed by atoms with Gasteiger partial charge < -0.3 is 19.4 Å². The number of nitrogens with one attached hydrogen (secondary N) is 1. The highest BCUT2D eigenvalue weighted by Crippen LogP contribution is 2.44. The Morgan fingerprint density at radius 3 is 2.65 bits per heavy atom. The zero-order valence-corrected chi connectivity index (χ0v) is 16.9. The number of anilines is 2. The molecule has 2 heterocycles. The minimum Gasteiger partial charge on any atom is -0.467 e. The Morgan fingerprint density at radius 2 is 1.84 bits per heavy atom. The van der Waals surface area contributed by atoms with Crippen LogP contribution in [0, 0.1) is 0 Å². The van der Waals surface area contributed by atoms with E-state index >= 15 is 0 Å². The number of hydrogen-bond donors (Lipinski definition) is 1. The first kappa shape index (κ1) is 19.2. The number of ether oxygens (including phenoxy) is 1. The van der Waals surface area contributed by atoms with Gasteiger partial charge in [0, 0.05) is 17.7 Å². The van der Waals surface area contributed by atoms with Gasteiger partial charge in [-0.2, -0.15) is 0 Å². The van der Waals surface area contributed by atoms with Gasteiger partial charge in [0.05, 0.1) is 17.6 Å². The van der Waals surface area contributed by atoms with E-state index in [1.54, 1.807) is 24.5 Å². The molecule has 3 aromatic rings. The fraction of sp³-hybridized carbons (Fsp3) is 0.200. The standard InChI is InChI=1S/C25H22N2O4/c28-21-13-6-11-19-24(21)25(22-14-7-15-30-22)27(20-12-5-4-10-18(20)26-19)16-23(29)31-17-8-2-1-3-9-17/h1-5,7-10,12,14-15,25-26H,6,11,13,16H2/t25-/m1/s1.